The molecular weight excluding hydrogens is 294 g/mol. The van der Waals surface area contributed by atoms with Crippen molar-refractivity contribution in [1.82, 2.24) is 15.1 Å². The molecule has 0 saturated carbocycles. The molecule has 124 valence electrons. The molecule has 0 fully saturated rings. The van der Waals surface area contributed by atoms with E-state index in [-0.39, 0.29) is 23.7 Å². The Morgan fingerprint density at radius 3 is 2.30 bits per heavy atom. The molecule has 6 nitrogen and oxygen atoms in total. The van der Waals surface area contributed by atoms with E-state index in [2.05, 4.69) is 10.2 Å². The van der Waals surface area contributed by atoms with Gasteiger partial charge in [0.1, 0.15) is 0 Å². The fraction of sp³-hybridized carbons (Fsp3) is 0.471. The van der Waals surface area contributed by atoms with E-state index in [0.29, 0.717) is 5.39 Å². The highest BCUT2D eigenvalue weighted by Gasteiger charge is 2.29. The molecule has 23 heavy (non-hydrogen) atoms. The molecule has 0 aliphatic rings. The zero-order valence-corrected chi connectivity index (χ0v) is 14.2. The van der Waals surface area contributed by atoms with Crippen LogP contribution in [0, 0.1) is 0 Å². The van der Waals surface area contributed by atoms with Crippen molar-refractivity contribution < 1.29 is 14.3 Å². The number of amides is 1. The Morgan fingerprint density at radius 1 is 1.09 bits per heavy atom. The van der Waals surface area contributed by atoms with E-state index in [1.165, 1.54) is 0 Å². The van der Waals surface area contributed by atoms with Gasteiger partial charge in [-0.1, -0.05) is 18.2 Å². The Labute approximate surface area is 135 Å². The third-order valence-corrected chi connectivity index (χ3v) is 3.66. The van der Waals surface area contributed by atoms with Crippen LogP contribution in [0.4, 0.5) is 0 Å². The first kappa shape index (κ1) is 17.0. The van der Waals surface area contributed by atoms with Crippen LogP contribution in [0.1, 0.15) is 45.1 Å². The summed E-state index contributed by atoms with van der Waals surface area (Å²) in [6.45, 7) is 9.34. The second-order valence-electron chi connectivity index (χ2n) is 6.10. The van der Waals surface area contributed by atoms with Crippen molar-refractivity contribution in [2.75, 3.05) is 0 Å². The monoisotopic (exact) mass is 317 g/mol. The molecule has 0 saturated heterocycles. The largest absolute Gasteiger partial charge is 0.448 e. The molecule has 1 aromatic heterocycles. The molecule has 2 rings (SSSR count). The molecule has 1 unspecified atom stereocenters. The van der Waals surface area contributed by atoms with Gasteiger partial charge in [0.05, 0.1) is 5.52 Å². The minimum absolute atomic E-state index is 0.0369. The Morgan fingerprint density at radius 2 is 1.70 bits per heavy atom. The number of carbonyl (C=O) groups is 2. The summed E-state index contributed by atoms with van der Waals surface area (Å²) in [5.41, 5.74) is 0.949. The summed E-state index contributed by atoms with van der Waals surface area (Å²) < 4.78 is 5.33. The molecule has 1 aromatic carbocycles. The molecule has 6 heteroatoms. The number of ether oxygens (including phenoxy) is 1. The van der Waals surface area contributed by atoms with E-state index in [0.717, 1.165) is 5.52 Å². The van der Waals surface area contributed by atoms with Gasteiger partial charge in [-0.3, -0.25) is 9.89 Å². The topological polar surface area (TPSA) is 75.3 Å². The zero-order valence-electron chi connectivity index (χ0n) is 14.2. The number of H-pyrrole nitrogens is 1. The minimum atomic E-state index is -0.859. The van der Waals surface area contributed by atoms with Crippen LogP contribution >= 0.6 is 0 Å². The third-order valence-electron chi connectivity index (χ3n) is 3.66. The predicted octanol–water partition coefficient (Wildman–Crippen LogP) is 2.75. The van der Waals surface area contributed by atoms with Crippen LogP contribution in [-0.2, 0) is 9.53 Å². The van der Waals surface area contributed by atoms with Crippen LogP contribution < -0.4 is 0 Å². The average Bonchev–Trinajstić information content (AvgIpc) is 2.90. The number of benzene rings is 1. The van der Waals surface area contributed by atoms with Crippen LogP contribution in [-0.4, -0.2) is 45.2 Å². The number of esters is 1. The average molecular weight is 317 g/mol. The molecule has 2 aromatic rings. The molecule has 1 N–H and O–H groups in total. The normalized spacial score (nSPS) is 12.7. The van der Waals surface area contributed by atoms with Gasteiger partial charge in [-0.2, -0.15) is 5.10 Å². The van der Waals surface area contributed by atoms with Crippen molar-refractivity contribution in [2.45, 2.75) is 52.8 Å². The van der Waals surface area contributed by atoms with Gasteiger partial charge in [0.15, 0.2) is 11.8 Å². The lowest BCUT2D eigenvalue weighted by molar-refractivity contribution is -0.143. The summed E-state index contributed by atoms with van der Waals surface area (Å²) in [6.07, 6.45) is -0.859. The number of hydrogen-bond acceptors (Lipinski definition) is 4. The maximum absolute atomic E-state index is 12.5. The predicted molar refractivity (Wildman–Crippen MR) is 88.1 cm³/mol. The van der Waals surface area contributed by atoms with Crippen molar-refractivity contribution >= 4 is 22.8 Å². The minimum Gasteiger partial charge on any atom is -0.448 e. The zero-order chi connectivity index (χ0) is 17.1. The molecule has 0 aliphatic carbocycles. The molecule has 0 aliphatic heterocycles. The first-order chi connectivity index (χ1) is 10.8. The van der Waals surface area contributed by atoms with E-state index >= 15 is 0 Å². The Hall–Kier alpha value is -2.37. The molecule has 0 radical (unpaired) electrons. The second kappa shape index (κ2) is 6.81. The lowest BCUT2D eigenvalue weighted by Crippen LogP contribution is -2.47. The van der Waals surface area contributed by atoms with Gasteiger partial charge in [0.25, 0.3) is 5.91 Å². The molecule has 1 heterocycles. The van der Waals surface area contributed by atoms with Crippen LogP contribution in [0.5, 0.6) is 0 Å². The van der Waals surface area contributed by atoms with Crippen molar-refractivity contribution in [1.29, 1.82) is 0 Å². The molecule has 0 bridgehead atoms. The number of rotatable bonds is 5. The molecular formula is C17H23N3O3. The molecule has 1 atom stereocenters. The van der Waals surface area contributed by atoms with E-state index in [4.69, 9.17) is 4.74 Å². The molecule has 0 spiro atoms. The fourth-order valence-corrected chi connectivity index (χ4v) is 2.70. The molecule has 1 amide bonds. The SMILES string of the molecule is CC(OC(=O)c1n[nH]c2ccccc12)C(=O)N(C(C)C)C(C)C. The van der Waals surface area contributed by atoms with Gasteiger partial charge < -0.3 is 9.64 Å². The Balaban J connectivity index is 2.14. The van der Waals surface area contributed by atoms with Crippen molar-refractivity contribution in [3.8, 4) is 0 Å². The number of nitrogens with one attached hydrogen (secondary N) is 1. The summed E-state index contributed by atoms with van der Waals surface area (Å²) in [5, 5.41) is 7.46. The standard InChI is InChI=1S/C17H23N3O3/c1-10(2)20(11(3)4)16(21)12(5)23-17(22)15-13-8-6-7-9-14(13)18-19-15/h6-12H,1-5H3,(H,18,19). The summed E-state index contributed by atoms with van der Waals surface area (Å²) >= 11 is 0. The van der Waals surface area contributed by atoms with Gasteiger partial charge in [-0.05, 0) is 40.7 Å². The van der Waals surface area contributed by atoms with Gasteiger partial charge >= 0.3 is 5.97 Å². The summed E-state index contributed by atoms with van der Waals surface area (Å²) in [5.74, 6) is -0.807. The van der Waals surface area contributed by atoms with Gasteiger partial charge in [-0.15, -0.1) is 0 Å². The van der Waals surface area contributed by atoms with E-state index in [1.54, 1.807) is 17.9 Å². The smallest absolute Gasteiger partial charge is 0.360 e. The van der Waals surface area contributed by atoms with Crippen molar-refractivity contribution in [3.63, 3.8) is 0 Å². The van der Waals surface area contributed by atoms with Gasteiger partial charge in [0, 0.05) is 17.5 Å². The number of aromatic nitrogens is 2. The lowest BCUT2D eigenvalue weighted by Gasteiger charge is -2.32. The second-order valence-corrected chi connectivity index (χ2v) is 6.10. The first-order valence-corrected chi connectivity index (χ1v) is 7.79. The van der Waals surface area contributed by atoms with E-state index in [9.17, 15) is 9.59 Å². The highest BCUT2D eigenvalue weighted by atomic mass is 16.5. The highest BCUT2D eigenvalue weighted by molar-refractivity contribution is 6.02. The lowest BCUT2D eigenvalue weighted by atomic mass is 10.2. The number of carbonyl (C=O) groups excluding carboxylic acids is 2. The number of fused-ring (bicyclic) bond motifs is 1. The van der Waals surface area contributed by atoms with Crippen LogP contribution in [0.25, 0.3) is 10.9 Å². The summed E-state index contributed by atoms with van der Waals surface area (Å²) in [4.78, 5) is 26.5. The van der Waals surface area contributed by atoms with Gasteiger partial charge in [-0.25, -0.2) is 4.79 Å². The van der Waals surface area contributed by atoms with Crippen LogP contribution in [0.2, 0.25) is 0 Å². The quantitative estimate of drug-likeness (QED) is 0.860. The number of aromatic amines is 1. The number of nitrogens with zero attached hydrogens (tertiary/aromatic N) is 2. The van der Waals surface area contributed by atoms with Crippen LogP contribution in [0.15, 0.2) is 24.3 Å². The number of para-hydroxylation sites is 1. The maximum atomic E-state index is 12.5. The van der Waals surface area contributed by atoms with Crippen molar-refractivity contribution in [3.05, 3.63) is 30.0 Å². The first-order valence-electron chi connectivity index (χ1n) is 7.79. The van der Waals surface area contributed by atoms with E-state index in [1.807, 2.05) is 45.9 Å². The number of hydrogen-bond donors (Lipinski definition) is 1. The summed E-state index contributed by atoms with van der Waals surface area (Å²) in [6, 6.07) is 7.36. The maximum Gasteiger partial charge on any atom is 0.360 e. The fourth-order valence-electron chi connectivity index (χ4n) is 2.70. The Bertz CT molecular complexity index is 698. The highest BCUT2D eigenvalue weighted by Crippen LogP contribution is 2.17. The van der Waals surface area contributed by atoms with Gasteiger partial charge in [0.2, 0.25) is 0 Å². The summed E-state index contributed by atoms with van der Waals surface area (Å²) in [7, 11) is 0. The third kappa shape index (κ3) is 3.52. The van der Waals surface area contributed by atoms with E-state index < -0.39 is 12.1 Å². The Kier molecular flexibility index (Phi) is 5.03. The van der Waals surface area contributed by atoms with Crippen molar-refractivity contribution in [2.24, 2.45) is 0 Å². The van der Waals surface area contributed by atoms with Crippen LogP contribution in [0.3, 0.4) is 0 Å².